The van der Waals surface area contributed by atoms with Crippen LogP contribution in [0.1, 0.15) is 32.3 Å². The molecule has 7 heteroatoms. The standard InChI is InChI=1S/C19H27NO6/c1-13(2)11-16(19(23)25-4)20-17(21)12-26-18(22)10-7-14-5-8-15(24-3)9-6-14/h5-6,8-9,13,16H,7,10-12H2,1-4H3,(H,20,21)/t16-/m1/s1. The van der Waals surface area contributed by atoms with Crippen molar-refractivity contribution >= 4 is 17.8 Å². The topological polar surface area (TPSA) is 90.9 Å². The summed E-state index contributed by atoms with van der Waals surface area (Å²) in [6.45, 7) is 3.44. The third-order valence-corrected chi connectivity index (χ3v) is 3.67. The molecule has 0 aromatic heterocycles. The SMILES string of the molecule is COC(=O)[C@@H](CC(C)C)NC(=O)COC(=O)CCc1ccc(OC)cc1. The number of carbonyl (C=O) groups is 3. The highest BCUT2D eigenvalue weighted by molar-refractivity contribution is 5.86. The van der Waals surface area contributed by atoms with Crippen molar-refractivity contribution in [2.24, 2.45) is 5.92 Å². The van der Waals surface area contributed by atoms with Crippen molar-refractivity contribution in [1.82, 2.24) is 5.32 Å². The molecule has 0 aliphatic heterocycles. The first-order valence-corrected chi connectivity index (χ1v) is 8.51. The Morgan fingerprint density at radius 2 is 1.73 bits per heavy atom. The molecule has 0 saturated carbocycles. The van der Waals surface area contributed by atoms with E-state index < -0.39 is 30.5 Å². The number of carbonyl (C=O) groups excluding carboxylic acids is 3. The quantitative estimate of drug-likeness (QED) is 0.637. The van der Waals surface area contributed by atoms with Crippen molar-refractivity contribution in [2.75, 3.05) is 20.8 Å². The van der Waals surface area contributed by atoms with E-state index in [0.29, 0.717) is 12.8 Å². The molecule has 0 spiro atoms. The fraction of sp³-hybridized carbons (Fsp3) is 0.526. The molecular formula is C19H27NO6. The Morgan fingerprint density at radius 3 is 2.27 bits per heavy atom. The van der Waals surface area contributed by atoms with Gasteiger partial charge in [-0.2, -0.15) is 0 Å². The van der Waals surface area contributed by atoms with E-state index in [1.807, 2.05) is 38.1 Å². The van der Waals surface area contributed by atoms with Crippen LogP contribution in [0.5, 0.6) is 5.75 Å². The summed E-state index contributed by atoms with van der Waals surface area (Å²) in [6.07, 6.45) is 1.11. The van der Waals surface area contributed by atoms with Crippen LogP contribution in [0.3, 0.4) is 0 Å². The van der Waals surface area contributed by atoms with Gasteiger partial charge in [-0.3, -0.25) is 9.59 Å². The van der Waals surface area contributed by atoms with Gasteiger partial charge in [0.25, 0.3) is 5.91 Å². The Balaban J connectivity index is 2.37. The minimum Gasteiger partial charge on any atom is -0.497 e. The molecule has 1 atom stereocenters. The van der Waals surface area contributed by atoms with Crippen LogP contribution in [0, 0.1) is 5.92 Å². The Bertz CT molecular complexity index is 597. The fourth-order valence-corrected chi connectivity index (χ4v) is 2.32. The first kappa shape index (κ1) is 21.5. The average molecular weight is 365 g/mol. The Hall–Kier alpha value is -2.57. The fourth-order valence-electron chi connectivity index (χ4n) is 2.32. The van der Waals surface area contributed by atoms with E-state index in [1.54, 1.807) is 7.11 Å². The number of nitrogens with one attached hydrogen (secondary N) is 1. The molecule has 1 N–H and O–H groups in total. The van der Waals surface area contributed by atoms with Gasteiger partial charge in [0.15, 0.2) is 6.61 Å². The Morgan fingerprint density at radius 1 is 1.08 bits per heavy atom. The molecule has 0 bridgehead atoms. The molecule has 1 rings (SSSR count). The molecule has 1 amide bonds. The van der Waals surface area contributed by atoms with Crippen LogP contribution < -0.4 is 10.1 Å². The van der Waals surface area contributed by atoms with Crippen LogP contribution in [-0.4, -0.2) is 44.7 Å². The summed E-state index contributed by atoms with van der Waals surface area (Å²) >= 11 is 0. The van der Waals surface area contributed by atoms with Gasteiger partial charge in [0, 0.05) is 6.42 Å². The second kappa shape index (κ2) is 11.1. The number of rotatable bonds is 10. The summed E-state index contributed by atoms with van der Waals surface area (Å²) in [6, 6.07) is 6.62. The van der Waals surface area contributed by atoms with Crippen LogP contribution >= 0.6 is 0 Å². The van der Waals surface area contributed by atoms with Crippen LogP contribution in [0.2, 0.25) is 0 Å². The number of benzene rings is 1. The second-order valence-electron chi connectivity index (χ2n) is 6.28. The largest absolute Gasteiger partial charge is 0.497 e. The lowest BCUT2D eigenvalue weighted by Gasteiger charge is -2.18. The minimum absolute atomic E-state index is 0.159. The molecule has 144 valence electrons. The van der Waals surface area contributed by atoms with E-state index in [1.165, 1.54) is 7.11 Å². The van der Waals surface area contributed by atoms with Gasteiger partial charge in [-0.25, -0.2) is 4.79 Å². The number of ether oxygens (including phenoxy) is 3. The average Bonchev–Trinajstić information content (AvgIpc) is 2.63. The van der Waals surface area contributed by atoms with Gasteiger partial charge < -0.3 is 19.5 Å². The highest BCUT2D eigenvalue weighted by Gasteiger charge is 2.23. The van der Waals surface area contributed by atoms with Gasteiger partial charge >= 0.3 is 11.9 Å². The molecule has 0 saturated heterocycles. The maximum absolute atomic E-state index is 11.9. The van der Waals surface area contributed by atoms with Gasteiger partial charge in [0.05, 0.1) is 14.2 Å². The number of esters is 2. The van der Waals surface area contributed by atoms with E-state index >= 15 is 0 Å². The van der Waals surface area contributed by atoms with Crippen LogP contribution in [0.15, 0.2) is 24.3 Å². The smallest absolute Gasteiger partial charge is 0.328 e. The first-order chi connectivity index (χ1) is 12.3. The zero-order valence-electron chi connectivity index (χ0n) is 15.7. The van der Waals surface area contributed by atoms with Crippen LogP contribution in [-0.2, 0) is 30.3 Å². The lowest BCUT2D eigenvalue weighted by atomic mass is 10.0. The highest BCUT2D eigenvalue weighted by atomic mass is 16.5. The number of hydrogen-bond donors (Lipinski definition) is 1. The number of methoxy groups -OCH3 is 2. The normalized spacial score (nSPS) is 11.6. The molecule has 0 aliphatic rings. The van der Waals surface area contributed by atoms with E-state index in [0.717, 1.165) is 11.3 Å². The van der Waals surface area contributed by atoms with Crippen LogP contribution in [0.25, 0.3) is 0 Å². The number of hydrogen-bond acceptors (Lipinski definition) is 6. The van der Waals surface area contributed by atoms with Gasteiger partial charge in [0.2, 0.25) is 0 Å². The van der Waals surface area contributed by atoms with Crippen molar-refractivity contribution in [3.8, 4) is 5.75 Å². The van der Waals surface area contributed by atoms with Crippen molar-refractivity contribution in [2.45, 2.75) is 39.2 Å². The van der Waals surface area contributed by atoms with Crippen LogP contribution in [0.4, 0.5) is 0 Å². The summed E-state index contributed by atoms with van der Waals surface area (Å²) in [7, 11) is 2.85. The lowest BCUT2D eigenvalue weighted by Crippen LogP contribution is -2.44. The molecule has 0 fully saturated rings. The first-order valence-electron chi connectivity index (χ1n) is 8.51. The molecular weight excluding hydrogens is 338 g/mol. The van der Waals surface area contributed by atoms with E-state index in [9.17, 15) is 14.4 Å². The van der Waals surface area contributed by atoms with Crippen molar-refractivity contribution in [1.29, 1.82) is 0 Å². The maximum Gasteiger partial charge on any atom is 0.328 e. The summed E-state index contributed by atoms with van der Waals surface area (Å²) in [5.74, 6) is -0.577. The molecule has 0 unspecified atom stereocenters. The molecule has 0 radical (unpaired) electrons. The zero-order chi connectivity index (χ0) is 19.5. The van der Waals surface area contributed by atoms with Crippen molar-refractivity contribution in [3.63, 3.8) is 0 Å². The number of aryl methyl sites for hydroxylation is 1. The predicted molar refractivity (Wildman–Crippen MR) is 95.7 cm³/mol. The Labute approximate surface area is 154 Å². The Kier molecular flexibility index (Phi) is 9.19. The predicted octanol–water partition coefficient (Wildman–Crippen LogP) is 1.87. The van der Waals surface area contributed by atoms with Crippen molar-refractivity contribution in [3.05, 3.63) is 29.8 Å². The maximum atomic E-state index is 11.9. The molecule has 7 nitrogen and oxygen atoms in total. The summed E-state index contributed by atoms with van der Waals surface area (Å²) in [5, 5.41) is 2.54. The van der Waals surface area contributed by atoms with E-state index in [2.05, 4.69) is 10.1 Å². The molecule has 1 aromatic carbocycles. The van der Waals surface area contributed by atoms with E-state index in [-0.39, 0.29) is 12.3 Å². The van der Waals surface area contributed by atoms with Gasteiger partial charge in [-0.05, 0) is 36.5 Å². The monoisotopic (exact) mass is 365 g/mol. The molecule has 26 heavy (non-hydrogen) atoms. The number of amides is 1. The summed E-state index contributed by atoms with van der Waals surface area (Å²) < 4.78 is 14.7. The van der Waals surface area contributed by atoms with Crippen molar-refractivity contribution < 1.29 is 28.6 Å². The molecule has 1 aromatic rings. The summed E-state index contributed by atoms with van der Waals surface area (Å²) in [4.78, 5) is 35.3. The molecule has 0 aliphatic carbocycles. The second-order valence-corrected chi connectivity index (χ2v) is 6.28. The minimum atomic E-state index is -0.745. The van der Waals surface area contributed by atoms with E-state index in [4.69, 9.17) is 9.47 Å². The zero-order valence-corrected chi connectivity index (χ0v) is 15.7. The van der Waals surface area contributed by atoms with Gasteiger partial charge in [-0.15, -0.1) is 0 Å². The molecule has 0 heterocycles. The third-order valence-electron chi connectivity index (χ3n) is 3.67. The third kappa shape index (κ3) is 8.00. The summed E-state index contributed by atoms with van der Waals surface area (Å²) in [5.41, 5.74) is 0.967. The van der Waals surface area contributed by atoms with Gasteiger partial charge in [-0.1, -0.05) is 26.0 Å². The van der Waals surface area contributed by atoms with Gasteiger partial charge in [0.1, 0.15) is 11.8 Å². The highest BCUT2D eigenvalue weighted by Crippen LogP contribution is 2.12. The lowest BCUT2D eigenvalue weighted by molar-refractivity contribution is -0.150.